The van der Waals surface area contributed by atoms with Gasteiger partial charge < -0.3 is 0 Å². The molecule has 0 saturated carbocycles. The summed E-state index contributed by atoms with van der Waals surface area (Å²) in [5.41, 5.74) is 0. The van der Waals surface area contributed by atoms with E-state index in [1.165, 1.54) is 0 Å². The van der Waals surface area contributed by atoms with E-state index in [-0.39, 0.29) is 4.44 Å². The Hall–Kier alpha value is -1.75. The van der Waals surface area contributed by atoms with Crippen molar-refractivity contribution in [1.29, 1.82) is 0 Å². The van der Waals surface area contributed by atoms with E-state index in [9.17, 15) is 13.2 Å². The number of halogens is 3. The summed E-state index contributed by atoms with van der Waals surface area (Å²) in [4.78, 5) is 0. The van der Waals surface area contributed by atoms with Crippen LogP contribution in [0.1, 0.15) is 0 Å². The van der Waals surface area contributed by atoms with Crippen molar-refractivity contribution in [2.45, 2.75) is 17.0 Å². The standard InChI is InChI=1S/3C6H5.C3H4F3.Sn/c3*1-2-4-6-5-3-1;1-2(4)3(5)6;/h3*1-5H;2-3H,1H2;. The van der Waals surface area contributed by atoms with Crippen LogP contribution in [0.25, 0.3) is 0 Å². The van der Waals surface area contributed by atoms with Gasteiger partial charge in [0.25, 0.3) is 0 Å². The zero-order valence-electron chi connectivity index (χ0n) is 13.7. The first-order valence-electron chi connectivity index (χ1n) is 8.23. The van der Waals surface area contributed by atoms with Crippen LogP contribution in [0.15, 0.2) is 91.0 Å². The van der Waals surface area contributed by atoms with Crippen LogP contribution in [0.3, 0.4) is 0 Å². The topological polar surface area (TPSA) is 0 Å². The normalized spacial score (nSPS) is 13.0. The zero-order valence-corrected chi connectivity index (χ0v) is 16.5. The van der Waals surface area contributed by atoms with E-state index in [1.54, 1.807) is 0 Å². The van der Waals surface area contributed by atoms with Crippen LogP contribution < -0.4 is 10.7 Å². The molecule has 3 aromatic carbocycles. The monoisotopic (exact) mass is 448 g/mol. The Morgan fingerprint density at radius 1 is 0.560 bits per heavy atom. The van der Waals surface area contributed by atoms with Gasteiger partial charge in [-0.1, -0.05) is 0 Å². The first-order valence-corrected chi connectivity index (χ1v) is 14.5. The molecule has 1 atom stereocenters. The molecule has 1 unspecified atom stereocenters. The summed E-state index contributed by atoms with van der Waals surface area (Å²) in [5, 5.41) is 0. The summed E-state index contributed by atoms with van der Waals surface area (Å²) in [6, 6.07) is 28.9. The molecular formula is C21H19F3Sn. The summed E-state index contributed by atoms with van der Waals surface area (Å²) in [5.74, 6) is 0. The van der Waals surface area contributed by atoms with Gasteiger partial charge in [-0.05, 0) is 0 Å². The summed E-state index contributed by atoms with van der Waals surface area (Å²) < 4.78 is 43.6. The minimum absolute atomic E-state index is 0.107. The van der Waals surface area contributed by atoms with Gasteiger partial charge in [-0.25, -0.2) is 0 Å². The van der Waals surface area contributed by atoms with Gasteiger partial charge in [0.2, 0.25) is 0 Å². The molecule has 0 fully saturated rings. The quantitative estimate of drug-likeness (QED) is 0.506. The molecule has 0 aliphatic rings. The molecule has 0 amide bonds. The SMILES string of the molecule is FC(F)C(F)[CH2][Sn]([c]1ccccc1)([c]1ccccc1)[c]1ccccc1. The molecule has 0 nitrogen and oxygen atoms in total. The fourth-order valence-electron chi connectivity index (χ4n) is 3.40. The van der Waals surface area contributed by atoms with Gasteiger partial charge in [0.1, 0.15) is 0 Å². The van der Waals surface area contributed by atoms with Crippen molar-refractivity contribution in [3.8, 4) is 0 Å². The Morgan fingerprint density at radius 3 is 1.16 bits per heavy atom. The number of hydrogen-bond donors (Lipinski definition) is 0. The molecule has 0 heterocycles. The Balaban J connectivity index is 2.27. The maximum absolute atomic E-state index is 14.4. The molecule has 4 heteroatoms. The van der Waals surface area contributed by atoms with Crippen molar-refractivity contribution in [2.75, 3.05) is 0 Å². The number of rotatable bonds is 6. The first-order chi connectivity index (χ1) is 12.1. The van der Waals surface area contributed by atoms with Crippen LogP contribution in [0.5, 0.6) is 0 Å². The van der Waals surface area contributed by atoms with Gasteiger partial charge in [0.05, 0.1) is 0 Å². The van der Waals surface area contributed by atoms with Gasteiger partial charge in [0, 0.05) is 0 Å². The number of benzene rings is 3. The van der Waals surface area contributed by atoms with E-state index < -0.39 is 31.0 Å². The van der Waals surface area contributed by atoms with Crippen molar-refractivity contribution < 1.29 is 13.2 Å². The van der Waals surface area contributed by atoms with Crippen molar-refractivity contribution in [3.63, 3.8) is 0 Å². The van der Waals surface area contributed by atoms with E-state index in [1.807, 2.05) is 91.0 Å². The van der Waals surface area contributed by atoms with Gasteiger partial charge in [-0.15, -0.1) is 0 Å². The summed E-state index contributed by atoms with van der Waals surface area (Å²) in [6.45, 7) is 0. The zero-order chi connectivity index (χ0) is 17.7. The molecule has 0 radical (unpaired) electrons. The van der Waals surface area contributed by atoms with Gasteiger partial charge in [-0.3, -0.25) is 0 Å². The van der Waals surface area contributed by atoms with Crippen molar-refractivity contribution in [1.82, 2.24) is 0 Å². The van der Waals surface area contributed by atoms with E-state index in [4.69, 9.17) is 0 Å². The molecule has 3 aromatic rings. The minimum atomic E-state index is -3.89. The second-order valence-corrected chi connectivity index (χ2v) is 17.3. The van der Waals surface area contributed by atoms with E-state index in [0.717, 1.165) is 10.7 Å². The average molecular weight is 447 g/mol. The molecule has 0 N–H and O–H groups in total. The Bertz CT molecular complexity index is 679. The molecular weight excluding hydrogens is 428 g/mol. The Morgan fingerprint density at radius 2 is 0.880 bits per heavy atom. The van der Waals surface area contributed by atoms with Crippen LogP contribution in [-0.2, 0) is 0 Å². The predicted molar refractivity (Wildman–Crippen MR) is 99.7 cm³/mol. The second-order valence-electron chi connectivity index (χ2n) is 6.06. The van der Waals surface area contributed by atoms with Crippen LogP contribution in [0, 0.1) is 0 Å². The second kappa shape index (κ2) is 8.09. The van der Waals surface area contributed by atoms with Crippen molar-refractivity contribution in [3.05, 3.63) is 91.0 Å². The predicted octanol–water partition coefficient (Wildman–Crippen LogP) is 3.76. The summed E-state index contributed by atoms with van der Waals surface area (Å²) in [6.07, 6.45) is -5.09. The third-order valence-electron chi connectivity index (χ3n) is 4.57. The van der Waals surface area contributed by atoms with Gasteiger partial charge in [-0.2, -0.15) is 0 Å². The van der Waals surface area contributed by atoms with Crippen molar-refractivity contribution in [2.24, 2.45) is 0 Å². The van der Waals surface area contributed by atoms with Gasteiger partial charge in [0.15, 0.2) is 0 Å². The molecule has 0 bridgehead atoms. The van der Waals surface area contributed by atoms with Gasteiger partial charge >= 0.3 is 150 Å². The van der Waals surface area contributed by atoms with Crippen molar-refractivity contribution >= 4 is 29.1 Å². The third-order valence-corrected chi connectivity index (χ3v) is 18.7. The fourth-order valence-corrected chi connectivity index (χ4v) is 17.0. The molecule has 0 spiro atoms. The molecule has 0 aliphatic heterocycles. The Labute approximate surface area is 150 Å². The number of alkyl halides is 3. The Kier molecular flexibility index (Phi) is 5.84. The van der Waals surface area contributed by atoms with Crippen LogP contribution in [0.2, 0.25) is 4.44 Å². The average Bonchev–Trinajstić information content (AvgIpc) is 2.68. The molecule has 3 rings (SSSR count). The summed E-state index contributed by atoms with van der Waals surface area (Å²) in [7, 11) is 0. The fraction of sp³-hybridized carbons (Fsp3) is 0.143. The first kappa shape index (κ1) is 18.1. The van der Waals surface area contributed by atoms with E-state index in [0.29, 0.717) is 0 Å². The van der Waals surface area contributed by atoms with Crippen LogP contribution >= 0.6 is 0 Å². The molecule has 25 heavy (non-hydrogen) atoms. The van der Waals surface area contributed by atoms with Crippen LogP contribution in [-0.4, -0.2) is 31.0 Å². The van der Waals surface area contributed by atoms with Crippen LogP contribution in [0.4, 0.5) is 13.2 Å². The van der Waals surface area contributed by atoms with E-state index in [2.05, 4.69) is 0 Å². The molecule has 128 valence electrons. The molecule has 0 aromatic heterocycles. The summed E-state index contributed by atoms with van der Waals surface area (Å²) >= 11 is -3.89. The maximum atomic E-state index is 14.4. The van der Waals surface area contributed by atoms with E-state index >= 15 is 0 Å². The molecule has 0 saturated heterocycles. The number of hydrogen-bond acceptors (Lipinski definition) is 0. The third kappa shape index (κ3) is 3.76. The molecule has 0 aliphatic carbocycles.